The van der Waals surface area contributed by atoms with Crippen LogP contribution >= 0.6 is 11.6 Å². The smallest absolute Gasteiger partial charge is 0.399 e. The molecule has 0 saturated carbocycles. The van der Waals surface area contributed by atoms with Gasteiger partial charge in [0.15, 0.2) is 0 Å². The van der Waals surface area contributed by atoms with E-state index in [-0.39, 0.29) is 6.07 Å². The predicted octanol–water partition coefficient (Wildman–Crippen LogP) is 4.05. The van der Waals surface area contributed by atoms with E-state index >= 15 is 0 Å². The molecule has 8 heteroatoms. The maximum atomic E-state index is 12.6. The van der Waals surface area contributed by atoms with Crippen molar-refractivity contribution in [3.8, 4) is 0 Å². The minimum absolute atomic E-state index is 0.249. The van der Waals surface area contributed by atoms with E-state index in [0.717, 1.165) is 6.07 Å². The van der Waals surface area contributed by atoms with Crippen LogP contribution in [-0.2, 0) is 18.2 Å². The second kappa shape index (κ2) is 4.29. The third-order valence-electron chi connectivity index (χ3n) is 1.98. The Bertz CT molecular complexity index is 423. The van der Waals surface area contributed by atoms with Crippen molar-refractivity contribution >= 4 is 17.3 Å². The van der Waals surface area contributed by atoms with Crippen LogP contribution in [0.25, 0.3) is 0 Å². The summed E-state index contributed by atoms with van der Waals surface area (Å²) in [5, 5.41) is 0. The van der Waals surface area contributed by atoms with Gasteiger partial charge < -0.3 is 5.73 Å². The van der Waals surface area contributed by atoms with Crippen LogP contribution in [0, 0.1) is 0 Å². The molecule has 0 spiro atoms. The fourth-order valence-electron chi connectivity index (χ4n) is 1.39. The van der Waals surface area contributed by atoms with Crippen molar-refractivity contribution in [1.29, 1.82) is 0 Å². The van der Waals surface area contributed by atoms with Crippen LogP contribution in [0.5, 0.6) is 0 Å². The van der Waals surface area contributed by atoms with E-state index in [1.807, 2.05) is 0 Å². The highest BCUT2D eigenvalue weighted by Crippen LogP contribution is 2.43. The van der Waals surface area contributed by atoms with Gasteiger partial charge in [-0.3, -0.25) is 0 Å². The lowest BCUT2D eigenvalue weighted by Crippen LogP contribution is -2.19. The lowest BCUT2D eigenvalue weighted by molar-refractivity contribution is -0.162. The molecule has 1 rings (SSSR count). The van der Waals surface area contributed by atoms with Crippen LogP contribution in [0.15, 0.2) is 12.1 Å². The molecule has 0 aliphatic heterocycles. The summed E-state index contributed by atoms with van der Waals surface area (Å²) in [4.78, 5) is 0. The molecule has 2 N–H and O–H groups in total. The first-order valence-corrected chi connectivity index (χ1v) is 4.73. The molecule has 0 unspecified atom stereocenters. The molecule has 1 aromatic carbocycles. The zero-order chi connectivity index (χ0) is 13.4. The van der Waals surface area contributed by atoms with Gasteiger partial charge in [-0.2, -0.15) is 26.3 Å². The number of rotatable bonds is 1. The monoisotopic (exact) mass is 277 g/mol. The molecule has 0 amide bonds. The summed E-state index contributed by atoms with van der Waals surface area (Å²) in [6.07, 6.45) is -10.3. The van der Waals surface area contributed by atoms with Crippen LogP contribution in [0.1, 0.15) is 16.7 Å². The molecule has 0 heterocycles. The Morgan fingerprint density at radius 3 is 1.88 bits per heavy atom. The zero-order valence-electron chi connectivity index (χ0n) is 8.08. The number of hydrogen-bond donors (Lipinski definition) is 1. The predicted molar refractivity (Wildman–Crippen MR) is 50.4 cm³/mol. The molecule has 96 valence electrons. The minimum Gasteiger partial charge on any atom is -0.399 e. The molecular weight excluding hydrogens is 272 g/mol. The number of hydrogen-bond acceptors (Lipinski definition) is 1. The molecule has 0 saturated heterocycles. The van der Waals surface area contributed by atoms with Crippen LogP contribution in [0.4, 0.5) is 32.0 Å². The summed E-state index contributed by atoms with van der Waals surface area (Å²) in [6.45, 7) is 0. The van der Waals surface area contributed by atoms with Gasteiger partial charge >= 0.3 is 12.4 Å². The molecule has 0 aliphatic rings. The van der Waals surface area contributed by atoms with Gasteiger partial charge in [0, 0.05) is 11.6 Å². The first-order valence-electron chi connectivity index (χ1n) is 4.20. The number of halogens is 7. The lowest BCUT2D eigenvalue weighted by atomic mass is 10.00. The number of nitrogen functional groups attached to an aromatic ring is 1. The summed E-state index contributed by atoms with van der Waals surface area (Å²) in [5.74, 6) is -0.705. The number of nitrogens with two attached hydrogens (primary N) is 1. The number of anilines is 1. The highest BCUT2D eigenvalue weighted by Gasteiger charge is 2.44. The highest BCUT2D eigenvalue weighted by molar-refractivity contribution is 6.17. The lowest BCUT2D eigenvalue weighted by Gasteiger charge is -2.19. The summed E-state index contributed by atoms with van der Waals surface area (Å²) in [7, 11) is 0. The number of benzene rings is 1. The third-order valence-corrected chi connectivity index (χ3v) is 2.26. The van der Waals surface area contributed by atoms with Crippen molar-refractivity contribution < 1.29 is 26.3 Å². The van der Waals surface area contributed by atoms with Gasteiger partial charge in [0.1, 0.15) is 0 Å². The first-order chi connectivity index (χ1) is 7.57. The Labute approximate surface area is 97.2 Å². The summed E-state index contributed by atoms with van der Waals surface area (Å²) in [6, 6.07) is 1.03. The number of alkyl halides is 7. The van der Waals surface area contributed by atoms with Crippen LogP contribution in [0.2, 0.25) is 0 Å². The molecule has 1 nitrogen and oxygen atoms in total. The quantitative estimate of drug-likeness (QED) is 0.468. The third kappa shape index (κ3) is 2.96. The fraction of sp³-hybridized carbons (Fsp3) is 0.333. The first kappa shape index (κ1) is 14.0. The van der Waals surface area contributed by atoms with Crippen molar-refractivity contribution in [1.82, 2.24) is 0 Å². The molecule has 1 aromatic rings. The molecule has 0 radical (unpaired) electrons. The molecule has 0 aliphatic carbocycles. The standard InChI is InChI=1S/C9H6ClF6N/c10-3-4-1-5(17)2-6(8(11,12)13)7(4)9(14,15)16/h1-2H,3,17H2. The minimum atomic E-state index is -5.14. The molecule has 17 heavy (non-hydrogen) atoms. The Hall–Kier alpha value is -1.11. The van der Waals surface area contributed by atoms with Crippen molar-refractivity contribution in [2.45, 2.75) is 18.2 Å². The van der Waals surface area contributed by atoms with Gasteiger partial charge in [0.25, 0.3) is 0 Å². The Kier molecular flexibility index (Phi) is 3.52. The van der Waals surface area contributed by atoms with E-state index in [1.54, 1.807) is 0 Å². The second-order valence-corrected chi connectivity index (χ2v) is 3.50. The highest BCUT2D eigenvalue weighted by atomic mass is 35.5. The molecule has 0 bridgehead atoms. The van der Waals surface area contributed by atoms with Crippen molar-refractivity contribution in [2.24, 2.45) is 0 Å². The van der Waals surface area contributed by atoms with E-state index in [9.17, 15) is 26.3 Å². The zero-order valence-corrected chi connectivity index (χ0v) is 8.84. The average Bonchev–Trinajstić information content (AvgIpc) is 2.12. The van der Waals surface area contributed by atoms with E-state index in [4.69, 9.17) is 17.3 Å². The van der Waals surface area contributed by atoms with Gasteiger partial charge in [0.2, 0.25) is 0 Å². The van der Waals surface area contributed by atoms with Crippen LogP contribution in [0.3, 0.4) is 0 Å². The van der Waals surface area contributed by atoms with Crippen molar-refractivity contribution in [3.63, 3.8) is 0 Å². The summed E-state index contributed by atoms with van der Waals surface area (Å²) >= 11 is 5.21. The molecular formula is C9H6ClF6N. The van der Waals surface area contributed by atoms with Gasteiger partial charge in [-0.1, -0.05) is 0 Å². The van der Waals surface area contributed by atoms with Gasteiger partial charge in [-0.05, 0) is 17.7 Å². The van der Waals surface area contributed by atoms with Crippen molar-refractivity contribution in [2.75, 3.05) is 5.73 Å². The SMILES string of the molecule is Nc1cc(CCl)c(C(F)(F)F)c(C(F)(F)F)c1. The largest absolute Gasteiger partial charge is 0.417 e. The van der Waals surface area contributed by atoms with E-state index < -0.39 is 40.6 Å². The summed E-state index contributed by atoms with van der Waals surface area (Å²) < 4.78 is 75.1. The topological polar surface area (TPSA) is 26.0 Å². The Balaban J connectivity index is 3.63. The van der Waals surface area contributed by atoms with E-state index in [0.29, 0.717) is 0 Å². The molecule has 0 fully saturated rings. The molecule has 0 aromatic heterocycles. The fourth-order valence-corrected chi connectivity index (χ4v) is 1.60. The normalized spacial score (nSPS) is 12.9. The van der Waals surface area contributed by atoms with Gasteiger partial charge in [-0.25, -0.2) is 0 Å². The molecule has 0 atom stereocenters. The maximum Gasteiger partial charge on any atom is 0.417 e. The van der Waals surface area contributed by atoms with Crippen LogP contribution < -0.4 is 5.73 Å². The van der Waals surface area contributed by atoms with Gasteiger partial charge in [0.05, 0.1) is 11.1 Å². The van der Waals surface area contributed by atoms with Crippen molar-refractivity contribution in [3.05, 3.63) is 28.8 Å². The Morgan fingerprint density at radius 2 is 1.53 bits per heavy atom. The van der Waals surface area contributed by atoms with E-state index in [1.165, 1.54) is 0 Å². The Morgan fingerprint density at radius 1 is 1.00 bits per heavy atom. The van der Waals surface area contributed by atoms with E-state index in [2.05, 4.69) is 0 Å². The van der Waals surface area contributed by atoms with Crippen LogP contribution in [-0.4, -0.2) is 0 Å². The maximum absolute atomic E-state index is 12.6. The average molecular weight is 278 g/mol. The van der Waals surface area contributed by atoms with Gasteiger partial charge in [-0.15, -0.1) is 11.6 Å². The summed E-state index contributed by atoms with van der Waals surface area (Å²) in [5.41, 5.74) is 0.412. The second-order valence-electron chi connectivity index (χ2n) is 3.23.